The number of carbonyl (C=O) groups excluding carboxylic acids is 1. The predicted molar refractivity (Wildman–Crippen MR) is 122 cm³/mol. The second-order valence-corrected chi connectivity index (χ2v) is 8.40. The fourth-order valence-corrected chi connectivity index (χ4v) is 4.37. The number of hydrogen-bond donors (Lipinski definition) is 0. The Hall–Kier alpha value is -2.99. The maximum absolute atomic E-state index is 13.1. The number of Topliss-reactive ketones (excluding diaryl/α,β-unsaturated/α-hetero) is 1. The molecule has 0 unspecified atom stereocenters. The van der Waals surface area contributed by atoms with Crippen LogP contribution in [0.5, 0.6) is 5.75 Å². The van der Waals surface area contributed by atoms with Crippen LogP contribution in [0.1, 0.15) is 41.6 Å². The van der Waals surface area contributed by atoms with Gasteiger partial charge in [-0.25, -0.2) is 4.39 Å². The molecule has 0 radical (unpaired) electrons. The minimum atomic E-state index is -0.321. The predicted octanol–water partition coefficient (Wildman–Crippen LogP) is 4.86. The molecule has 1 aliphatic rings. The Bertz CT molecular complexity index is 1130. The molecule has 3 aromatic rings. The van der Waals surface area contributed by atoms with Crippen molar-refractivity contribution in [2.24, 2.45) is 5.92 Å². The molecule has 1 saturated heterocycles. The molecule has 0 amide bonds. The van der Waals surface area contributed by atoms with Crippen molar-refractivity contribution in [1.29, 1.82) is 0 Å². The van der Waals surface area contributed by atoms with E-state index in [9.17, 15) is 14.0 Å². The van der Waals surface area contributed by atoms with Crippen molar-refractivity contribution in [3.8, 4) is 5.75 Å². The van der Waals surface area contributed by atoms with Gasteiger partial charge in [-0.2, -0.15) is 0 Å². The van der Waals surface area contributed by atoms with Crippen LogP contribution >= 0.6 is 0 Å². The molecular formula is C26H28FNO4. The van der Waals surface area contributed by atoms with Gasteiger partial charge in [0.05, 0.1) is 18.8 Å². The number of rotatable bonds is 8. The van der Waals surface area contributed by atoms with Crippen LogP contribution in [0.15, 0.2) is 57.9 Å². The first-order valence-electron chi connectivity index (χ1n) is 11.2. The van der Waals surface area contributed by atoms with E-state index < -0.39 is 0 Å². The largest absolute Gasteiger partial charge is 0.497 e. The summed E-state index contributed by atoms with van der Waals surface area (Å²) in [5, 5.41) is 0.580. The van der Waals surface area contributed by atoms with Gasteiger partial charge in [-0.3, -0.25) is 9.59 Å². The van der Waals surface area contributed by atoms with Gasteiger partial charge < -0.3 is 14.1 Å². The summed E-state index contributed by atoms with van der Waals surface area (Å²) in [6.07, 6.45) is 5.79. The molecule has 0 aliphatic carbocycles. The van der Waals surface area contributed by atoms with Crippen molar-refractivity contribution in [1.82, 2.24) is 4.90 Å². The highest BCUT2D eigenvalue weighted by Crippen LogP contribution is 2.23. The molecule has 4 rings (SSSR count). The Morgan fingerprint density at radius 1 is 1.12 bits per heavy atom. The monoisotopic (exact) mass is 437 g/mol. The Balaban J connectivity index is 1.23. The molecule has 0 atom stereocenters. The van der Waals surface area contributed by atoms with Crippen LogP contribution in [-0.2, 0) is 6.42 Å². The zero-order valence-corrected chi connectivity index (χ0v) is 18.3. The maximum Gasteiger partial charge on any atom is 0.195 e. The summed E-state index contributed by atoms with van der Waals surface area (Å²) in [7, 11) is 1.58. The number of fused-ring (bicyclic) bond motifs is 1. The number of methoxy groups -OCH3 is 1. The number of ketones is 1. The van der Waals surface area contributed by atoms with E-state index in [1.165, 1.54) is 12.1 Å². The highest BCUT2D eigenvalue weighted by molar-refractivity contribution is 5.97. The van der Waals surface area contributed by atoms with E-state index in [0.29, 0.717) is 34.3 Å². The smallest absolute Gasteiger partial charge is 0.195 e. The van der Waals surface area contributed by atoms with Crippen LogP contribution in [0.4, 0.5) is 4.39 Å². The molecule has 1 aromatic heterocycles. The third kappa shape index (κ3) is 5.07. The fraction of sp³-hybridized carbons (Fsp3) is 0.385. The molecule has 168 valence electrons. The number of carbonyl (C=O) groups is 1. The lowest BCUT2D eigenvalue weighted by molar-refractivity contribution is 0.0839. The van der Waals surface area contributed by atoms with Gasteiger partial charge in [0.25, 0.3) is 0 Å². The lowest BCUT2D eigenvalue weighted by Crippen LogP contribution is -2.37. The maximum atomic E-state index is 13.1. The summed E-state index contributed by atoms with van der Waals surface area (Å²) in [6.45, 7) is 2.72. The van der Waals surface area contributed by atoms with Crippen LogP contribution in [-0.4, -0.2) is 37.4 Å². The Kier molecular flexibility index (Phi) is 7.00. The Morgan fingerprint density at radius 3 is 2.59 bits per heavy atom. The van der Waals surface area contributed by atoms with E-state index in [1.807, 2.05) is 0 Å². The number of piperidine rings is 1. The number of unbranched alkanes of at least 4 members (excludes halogenated alkanes) is 1. The van der Waals surface area contributed by atoms with Crippen molar-refractivity contribution >= 4 is 16.8 Å². The van der Waals surface area contributed by atoms with Gasteiger partial charge in [-0.1, -0.05) is 0 Å². The molecule has 5 nitrogen and oxygen atoms in total. The molecule has 0 bridgehead atoms. The lowest BCUT2D eigenvalue weighted by Gasteiger charge is -2.31. The highest BCUT2D eigenvalue weighted by atomic mass is 19.1. The minimum Gasteiger partial charge on any atom is -0.497 e. The van der Waals surface area contributed by atoms with Crippen LogP contribution in [0.25, 0.3) is 11.0 Å². The van der Waals surface area contributed by atoms with E-state index in [0.717, 1.165) is 45.3 Å². The highest BCUT2D eigenvalue weighted by Gasteiger charge is 2.25. The van der Waals surface area contributed by atoms with Gasteiger partial charge in [0.2, 0.25) is 0 Å². The van der Waals surface area contributed by atoms with Crippen molar-refractivity contribution in [3.63, 3.8) is 0 Å². The molecule has 2 aromatic carbocycles. The third-order valence-electron chi connectivity index (χ3n) is 6.31. The second kappa shape index (κ2) is 10.1. The fourth-order valence-electron chi connectivity index (χ4n) is 4.37. The van der Waals surface area contributed by atoms with Crippen molar-refractivity contribution in [3.05, 3.63) is 75.9 Å². The zero-order chi connectivity index (χ0) is 22.5. The number of hydrogen-bond acceptors (Lipinski definition) is 5. The molecule has 1 fully saturated rings. The molecule has 32 heavy (non-hydrogen) atoms. The quantitative estimate of drug-likeness (QED) is 0.372. The normalized spacial score (nSPS) is 15.2. The molecule has 0 spiro atoms. The number of benzene rings is 2. The van der Waals surface area contributed by atoms with Gasteiger partial charge in [-0.05, 0) is 88.1 Å². The summed E-state index contributed by atoms with van der Waals surface area (Å²) in [4.78, 5) is 27.7. The SMILES string of the molecule is COc1ccc2c(=O)c(CCCCN3CCC(C(=O)c4ccc(F)cc4)CC3)coc2c1. The van der Waals surface area contributed by atoms with Gasteiger partial charge >= 0.3 is 0 Å². The average Bonchev–Trinajstić information content (AvgIpc) is 2.83. The number of ether oxygens (including phenoxy) is 1. The Morgan fingerprint density at radius 2 is 1.88 bits per heavy atom. The van der Waals surface area contributed by atoms with E-state index in [4.69, 9.17) is 9.15 Å². The van der Waals surface area contributed by atoms with Crippen molar-refractivity contribution < 1.29 is 18.3 Å². The standard InChI is InChI=1S/C26H28FNO4/c1-31-22-9-10-23-24(16-22)32-17-20(26(23)30)4-2-3-13-28-14-11-19(12-15-28)25(29)18-5-7-21(27)8-6-18/h5-10,16-17,19H,2-4,11-15H2,1H3. The Labute approximate surface area is 186 Å². The minimum absolute atomic E-state index is 0.0116. The number of aryl methyl sites for hydroxylation is 1. The first-order chi connectivity index (χ1) is 15.5. The van der Waals surface area contributed by atoms with Gasteiger partial charge in [0.1, 0.15) is 17.1 Å². The van der Waals surface area contributed by atoms with E-state index >= 15 is 0 Å². The van der Waals surface area contributed by atoms with Gasteiger partial charge in [0.15, 0.2) is 11.2 Å². The molecule has 0 N–H and O–H groups in total. The van der Waals surface area contributed by atoms with E-state index in [1.54, 1.807) is 43.7 Å². The number of halogens is 1. The van der Waals surface area contributed by atoms with Gasteiger partial charge in [0, 0.05) is 23.1 Å². The van der Waals surface area contributed by atoms with E-state index in [-0.39, 0.29) is 22.9 Å². The first kappa shape index (κ1) is 22.2. The number of likely N-dealkylation sites (tertiary alicyclic amines) is 1. The molecule has 6 heteroatoms. The first-order valence-corrected chi connectivity index (χ1v) is 11.2. The summed E-state index contributed by atoms with van der Waals surface area (Å²) >= 11 is 0. The summed E-state index contributed by atoms with van der Waals surface area (Å²) in [6, 6.07) is 11.1. The van der Waals surface area contributed by atoms with E-state index in [2.05, 4.69) is 4.90 Å². The zero-order valence-electron chi connectivity index (χ0n) is 18.3. The number of nitrogens with zero attached hydrogens (tertiary/aromatic N) is 1. The average molecular weight is 438 g/mol. The molecule has 2 heterocycles. The van der Waals surface area contributed by atoms with Crippen molar-refractivity contribution in [2.75, 3.05) is 26.7 Å². The summed E-state index contributed by atoms with van der Waals surface area (Å²) in [5.41, 5.74) is 1.86. The summed E-state index contributed by atoms with van der Waals surface area (Å²) in [5.74, 6) is 0.470. The van der Waals surface area contributed by atoms with Crippen molar-refractivity contribution in [2.45, 2.75) is 32.1 Å². The second-order valence-electron chi connectivity index (χ2n) is 8.40. The van der Waals surface area contributed by atoms with Gasteiger partial charge in [-0.15, -0.1) is 0 Å². The van der Waals surface area contributed by atoms with Crippen LogP contribution in [0.2, 0.25) is 0 Å². The molecular weight excluding hydrogens is 409 g/mol. The van der Waals surface area contributed by atoms with Crippen LogP contribution < -0.4 is 10.2 Å². The molecule has 1 aliphatic heterocycles. The summed E-state index contributed by atoms with van der Waals surface area (Å²) < 4.78 is 23.9. The molecule has 0 saturated carbocycles. The topological polar surface area (TPSA) is 59.8 Å². The lowest BCUT2D eigenvalue weighted by atomic mass is 9.89. The third-order valence-corrected chi connectivity index (χ3v) is 6.31. The van der Waals surface area contributed by atoms with Crippen LogP contribution in [0.3, 0.4) is 0 Å². The van der Waals surface area contributed by atoms with Crippen LogP contribution in [0, 0.1) is 11.7 Å².